The van der Waals surface area contributed by atoms with Crippen LogP contribution in [0.4, 0.5) is 0 Å². The van der Waals surface area contributed by atoms with Gasteiger partial charge in [0.2, 0.25) is 0 Å². The van der Waals surface area contributed by atoms with Crippen LogP contribution in [0.3, 0.4) is 0 Å². The highest BCUT2D eigenvalue weighted by atomic mass is 35.5. The molecule has 2 aliphatic rings. The number of nitrogens with zero attached hydrogens (tertiary/aromatic N) is 3. The van der Waals surface area contributed by atoms with E-state index in [9.17, 15) is 8.42 Å². The summed E-state index contributed by atoms with van der Waals surface area (Å²) in [6.45, 7) is 2.51. The van der Waals surface area contributed by atoms with Gasteiger partial charge in [-0.2, -0.15) is 8.42 Å². The first-order valence-electron chi connectivity index (χ1n) is 12.3. The number of nitrogens with two attached hydrogens (primary N) is 1. The number of carboxylic acids is 1. The van der Waals surface area contributed by atoms with Crippen molar-refractivity contribution in [3.63, 3.8) is 0 Å². The Morgan fingerprint density at radius 1 is 1.05 bits per heavy atom. The molecule has 10 nitrogen and oxygen atoms in total. The Morgan fingerprint density at radius 3 is 2.40 bits per heavy atom. The summed E-state index contributed by atoms with van der Waals surface area (Å²) < 4.78 is 33.8. The molecule has 2 heterocycles. The average molecular weight is 585 g/mol. The zero-order valence-corrected chi connectivity index (χ0v) is 23.7. The van der Waals surface area contributed by atoms with E-state index >= 15 is 0 Å². The lowest BCUT2D eigenvalue weighted by Gasteiger charge is -2.33. The SMILES string of the molecule is CC(=O)O.COc1ccc(C2(c3cccc(-c4cc(Cl)cc(OS(C)(=O)=O)c4)c3)N=C(N)N3CCCN=C32)cc1. The van der Waals surface area contributed by atoms with Crippen LogP contribution in [-0.2, 0) is 20.5 Å². The molecule has 0 aliphatic carbocycles. The van der Waals surface area contributed by atoms with Crippen LogP contribution in [0.15, 0.2) is 76.7 Å². The molecular weight excluding hydrogens is 556 g/mol. The molecule has 0 saturated heterocycles. The van der Waals surface area contributed by atoms with Crippen molar-refractivity contribution in [2.45, 2.75) is 18.9 Å². The number of carboxylic acid groups (broad SMARTS) is 1. The van der Waals surface area contributed by atoms with E-state index in [0.717, 1.165) is 54.4 Å². The van der Waals surface area contributed by atoms with E-state index in [1.54, 1.807) is 19.2 Å². The molecule has 5 rings (SSSR count). The molecule has 0 saturated carbocycles. The second kappa shape index (κ2) is 11.6. The van der Waals surface area contributed by atoms with Crippen LogP contribution in [0, 0.1) is 0 Å². The topological polar surface area (TPSA) is 144 Å². The fraction of sp³-hybridized carbons (Fsp3) is 0.250. The third kappa shape index (κ3) is 6.21. The maximum atomic E-state index is 11.7. The highest BCUT2D eigenvalue weighted by Gasteiger charge is 2.49. The summed E-state index contributed by atoms with van der Waals surface area (Å²) >= 11 is 6.31. The highest BCUT2D eigenvalue weighted by molar-refractivity contribution is 7.86. The molecule has 0 amide bonds. The monoisotopic (exact) mass is 584 g/mol. The second-order valence-corrected chi connectivity index (χ2v) is 11.2. The Hall–Kier alpha value is -4.09. The Kier molecular flexibility index (Phi) is 8.36. The van der Waals surface area contributed by atoms with E-state index in [-0.39, 0.29) is 5.75 Å². The number of halogens is 1. The third-order valence-electron chi connectivity index (χ3n) is 6.18. The number of aliphatic imine (C=N–C) groups is 2. The predicted molar refractivity (Wildman–Crippen MR) is 155 cm³/mol. The zero-order chi connectivity index (χ0) is 29.1. The Labute approximate surface area is 237 Å². The number of carbonyl (C=O) groups is 1. The van der Waals surface area contributed by atoms with Crippen LogP contribution in [0.5, 0.6) is 11.5 Å². The normalized spacial score (nSPS) is 18.1. The quantitative estimate of drug-likeness (QED) is 0.412. The summed E-state index contributed by atoms with van der Waals surface area (Å²) in [6, 6.07) is 20.4. The van der Waals surface area contributed by atoms with Crippen molar-refractivity contribution < 1.29 is 27.2 Å². The van der Waals surface area contributed by atoms with E-state index in [1.807, 2.05) is 53.4 Å². The molecule has 1 atom stereocenters. The minimum atomic E-state index is -3.71. The third-order valence-corrected chi connectivity index (χ3v) is 6.89. The molecule has 12 heteroatoms. The van der Waals surface area contributed by atoms with Gasteiger partial charge in [-0.25, -0.2) is 4.99 Å². The van der Waals surface area contributed by atoms with Gasteiger partial charge in [0.15, 0.2) is 11.5 Å². The van der Waals surface area contributed by atoms with Crippen molar-refractivity contribution in [3.8, 4) is 22.6 Å². The van der Waals surface area contributed by atoms with Crippen molar-refractivity contribution in [1.82, 2.24) is 4.90 Å². The van der Waals surface area contributed by atoms with Gasteiger partial charge in [0.25, 0.3) is 5.97 Å². The van der Waals surface area contributed by atoms with E-state index in [0.29, 0.717) is 23.1 Å². The molecule has 2 aliphatic heterocycles. The smallest absolute Gasteiger partial charge is 0.306 e. The maximum absolute atomic E-state index is 11.7. The van der Waals surface area contributed by atoms with E-state index in [2.05, 4.69) is 0 Å². The average Bonchev–Trinajstić information content (AvgIpc) is 3.20. The van der Waals surface area contributed by atoms with Crippen LogP contribution < -0.4 is 14.7 Å². The number of benzene rings is 3. The Bertz CT molecular complexity index is 1590. The Balaban J connectivity index is 0.000000867. The number of methoxy groups -OCH3 is 1. The Morgan fingerprint density at radius 2 is 1.75 bits per heavy atom. The summed E-state index contributed by atoms with van der Waals surface area (Å²) in [6.07, 6.45) is 1.88. The van der Waals surface area contributed by atoms with Gasteiger partial charge in [-0.1, -0.05) is 41.9 Å². The number of guanidine groups is 1. The molecule has 0 fully saturated rings. The number of rotatable bonds is 6. The van der Waals surface area contributed by atoms with Gasteiger partial charge in [0.05, 0.1) is 13.4 Å². The summed E-state index contributed by atoms with van der Waals surface area (Å²) in [5.74, 6) is 1.24. The summed E-state index contributed by atoms with van der Waals surface area (Å²) in [5, 5.41) is 7.77. The molecule has 210 valence electrons. The zero-order valence-electron chi connectivity index (χ0n) is 22.2. The molecule has 3 aromatic rings. The predicted octanol–water partition coefficient (Wildman–Crippen LogP) is 4.12. The van der Waals surface area contributed by atoms with Crippen molar-refractivity contribution in [1.29, 1.82) is 0 Å². The van der Waals surface area contributed by atoms with Crippen molar-refractivity contribution in [3.05, 3.63) is 82.9 Å². The van der Waals surface area contributed by atoms with E-state index < -0.39 is 21.6 Å². The van der Waals surface area contributed by atoms with E-state index in [1.165, 1.54) is 6.07 Å². The van der Waals surface area contributed by atoms with Crippen molar-refractivity contribution in [2.75, 3.05) is 26.5 Å². The minimum absolute atomic E-state index is 0.140. The lowest BCUT2D eigenvalue weighted by Crippen LogP contribution is -2.46. The van der Waals surface area contributed by atoms with Crippen LogP contribution in [0.2, 0.25) is 5.02 Å². The highest BCUT2D eigenvalue weighted by Crippen LogP contribution is 2.43. The first-order chi connectivity index (χ1) is 18.9. The fourth-order valence-corrected chi connectivity index (χ4v) is 5.35. The number of amidine groups is 1. The van der Waals surface area contributed by atoms with Crippen molar-refractivity contribution >= 4 is 39.5 Å². The van der Waals surface area contributed by atoms with Crippen LogP contribution in [-0.4, -0.2) is 62.6 Å². The molecule has 3 aromatic carbocycles. The number of fused-ring (bicyclic) bond motifs is 1. The van der Waals surface area contributed by atoms with Gasteiger partial charge in [0, 0.05) is 31.1 Å². The second-order valence-electron chi connectivity index (χ2n) is 9.18. The molecule has 0 bridgehead atoms. The first kappa shape index (κ1) is 28.9. The van der Waals surface area contributed by atoms with Gasteiger partial charge < -0.3 is 19.8 Å². The molecule has 3 N–H and O–H groups in total. The lowest BCUT2D eigenvalue weighted by molar-refractivity contribution is -0.134. The summed E-state index contributed by atoms with van der Waals surface area (Å²) in [5.41, 5.74) is 8.75. The number of hydrogen-bond acceptors (Lipinski definition) is 9. The van der Waals surface area contributed by atoms with Gasteiger partial charge in [-0.3, -0.25) is 14.7 Å². The molecule has 1 unspecified atom stereocenters. The fourth-order valence-electron chi connectivity index (χ4n) is 4.68. The maximum Gasteiger partial charge on any atom is 0.306 e. The number of ether oxygens (including phenoxy) is 1. The molecule has 0 spiro atoms. The molecule has 0 radical (unpaired) electrons. The van der Waals surface area contributed by atoms with Gasteiger partial charge >= 0.3 is 10.1 Å². The van der Waals surface area contributed by atoms with Gasteiger partial charge in [0.1, 0.15) is 17.3 Å². The standard InChI is InChI=1S/C26H25ClN4O4S.C2H4O2/c1-34-22-9-7-19(8-10-22)26(24-29-11-4-12-31(24)25(28)30-26)20-6-3-5-17(13-20)18-14-21(27)16-23(15-18)35-36(2,32)33;1-2(3)4/h3,5-10,13-16H,4,11-12H2,1-2H3,(H2,28,30);1H3,(H,3,4). The number of aliphatic carboxylic acids is 1. The molecule has 40 heavy (non-hydrogen) atoms. The van der Waals surface area contributed by atoms with Gasteiger partial charge in [-0.05, 0) is 59.0 Å². The van der Waals surface area contributed by atoms with E-state index in [4.69, 9.17) is 46.1 Å². The summed E-state index contributed by atoms with van der Waals surface area (Å²) in [7, 11) is -2.08. The molecular formula is C28H29ClN4O6S. The van der Waals surface area contributed by atoms with Gasteiger partial charge in [-0.15, -0.1) is 0 Å². The summed E-state index contributed by atoms with van der Waals surface area (Å²) in [4.78, 5) is 20.8. The minimum Gasteiger partial charge on any atom is -0.497 e. The number of hydrogen-bond donors (Lipinski definition) is 2. The van der Waals surface area contributed by atoms with Crippen LogP contribution >= 0.6 is 11.6 Å². The lowest BCUT2D eigenvalue weighted by atomic mass is 9.81. The largest absolute Gasteiger partial charge is 0.497 e. The first-order valence-corrected chi connectivity index (χ1v) is 14.4. The van der Waals surface area contributed by atoms with Crippen molar-refractivity contribution in [2.24, 2.45) is 15.7 Å². The van der Waals surface area contributed by atoms with Crippen LogP contribution in [0.1, 0.15) is 24.5 Å². The molecule has 0 aromatic heterocycles. The van der Waals surface area contributed by atoms with Crippen LogP contribution in [0.25, 0.3) is 11.1 Å².